The molecule has 3 amide bonds. The number of anilines is 1. The molecule has 0 heterocycles. The molecule has 7 N–H and O–H groups in total. The summed E-state index contributed by atoms with van der Waals surface area (Å²) >= 11 is 0. The highest BCUT2D eigenvalue weighted by molar-refractivity contribution is 6.01. The van der Waals surface area contributed by atoms with E-state index in [9.17, 15) is 14.4 Å². The van der Waals surface area contributed by atoms with E-state index in [-0.39, 0.29) is 35.7 Å². The van der Waals surface area contributed by atoms with Gasteiger partial charge in [-0.05, 0) is 18.2 Å². The molecule has 0 saturated carbocycles. The van der Waals surface area contributed by atoms with Gasteiger partial charge in [-0.15, -0.1) is 0 Å². The van der Waals surface area contributed by atoms with Crippen molar-refractivity contribution in [2.24, 2.45) is 17.2 Å². The van der Waals surface area contributed by atoms with Gasteiger partial charge in [0.2, 0.25) is 17.7 Å². The molecule has 1 rings (SSSR count). The highest BCUT2D eigenvalue weighted by Crippen LogP contribution is 2.15. The molecule has 0 fully saturated rings. The number of amides is 3. The van der Waals surface area contributed by atoms with E-state index in [1.165, 1.54) is 18.2 Å². The maximum Gasteiger partial charge on any atom is 0.248 e. The third kappa shape index (κ3) is 3.56. The summed E-state index contributed by atoms with van der Waals surface area (Å²) in [5.74, 6) is -1.76. The minimum Gasteiger partial charge on any atom is -0.366 e. The van der Waals surface area contributed by atoms with Crippen LogP contribution in [0.25, 0.3) is 0 Å². The number of hydrogen-bond donors (Lipinski definition) is 4. The van der Waals surface area contributed by atoms with Gasteiger partial charge in [0.25, 0.3) is 0 Å². The van der Waals surface area contributed by atoms with Gasteiger partial charge < -0.3 is 22.5 Å². The molecule has 0 atom stereocenters. The molecule has 0 bridgehead atoms. The normalized spacial score (nSPS) is 9.83. The first-order chi connectivity index (χ1) is 8.43. The number of carbonyl (C=O) groups excluding carboxylic acids is 3. The van der Waals surface area contributed by atoms with Crippen molar-refractivity contribution < 1.29 is 14.4 Å². The van der Waals surface area contributed by atoms with Crippen molar-refractivity contribution >= 4 is 23.4 Å². The molecular weight excluding hydrogens is 236 g/mol. The molecule has 0 aliphatic carbocycles. The molecular formula is C11H14N4O3. The zero-order valence-electron chi connectivity index (χ0n) is 9.60. The van der Waals surface area contributed by atoms with Crippen molar-refractivity contribution in [3.63, 3.8) is 0 Å². The number of nitrogens with two attached hydrogens (primary N) is 3. The van der Waals surface area contributed by atoms with E-state index in [0.29, 0.717) is 0 Å². The highest BCUT2D eigenvalue weighted by atomic mass is 16.2. The van der Waals surface area contributed by atoms with Crippen LogP contribution in [0.4, 0.5) is 5.69 Å². The molecule has 1 aromatic rings. The molecule has 7 heteroatoms. The van der Waals surface area contributed by atoms with E-state index in [4.69, 9.17) is 17.2 Å². The third-order valence-corrected chi connectivity index (χ3v) is 2.16. The lowest BCUT2D eigenvalue weighted by atomic mass is 10.1. The molecule has 0 radical (unpaired) electrons. The van der Waals surface area contributed by atoms with Gasteiger partial charge in [-0.25, -0.2) is 0 Å². The Labute approximate surface area is 103 Å². The molecule has 0 spiro atoms. The van der Waals surface area contributed by atoms with Crippen LogP contribution in [0.5, 0.6) is 0 Å². The topological polar surface area (TPSA) is 141 Å². The lowest BCUT2D eigenvalue weighted by molar-refractivity contribution is -0.116. The average molecular weight is 250 g/mol. The number of primary amides is 2. The Hall–Kier alpha value is -2.41. The Morgan fingerprint density at radius 2 is 1.50 bits per heavy atom. The summed E-state index contributed by atoms with van der Waals surface area (Å²) in [6.07, 6.45) is 0.132. The first kappa shape index (κ1) is 13.7. The van der Waals surface area contributed by atoms with E-state index in [1.807, 2.05) is 0 Å². The lowest BCUT2D eigenvalue weighted by Gasteiger charge is -2.07. The number of hydrogen-bond acceptors (Lipinski definition) is 4. The van der Waals surface area contributed by atoms with Crippen molar-refractivity contribution in [1.29, 1.82) is 0 Å². The van der Waals surface area contributed by atoms with Gasteiger partial charge in [-0.1, -0.05) is 0 Å². The van der Waals surface area contributed by atoms with Gasteiger partial charge in [-0.2, -0.15) is 0 Å². The van der Waals surface area contributed by atoms with Crippen molar-refractivity contribution in [2.45, 2.75) is 6.42 Å². The van der Waals surface area contributed by atoms with Gasteiger partial charge in [0.05, 0.1) is 0 Å². The maximum absolute atomic E-state index is 11.4. The SMILES string of the molecule is NCCC(=O)Nc1cc(C(N)=O)cc(C(N)=O)c1. The van der Waals surface area contributed by atoms with E-state index in [2.05, 4.69) is 5.32 Å². The predicted octanol–water partition coefficient (Wildman–Crippen LogP) is -0.828. The molecule has 0 saturated heterocycles. The Balaban J connectivity index is 3.07. The largest absolute Gasteiger partial charge is 0.366 e. The Kier molecular flexibility index (Phi) is 4.39. The van der Waals surface area contributed by atoms with E-state index >= 15 is 0 Å². The Bertz CT molecular complexity index is 467. The summed E-state index contributed by atoms with van der Waals surface area (Å²) in [6, 6.07) is 4.00. The second kappa shape index (κ2) is 5.78. The van der Waals surface area contributed by atoms with Crippen LogP contribution in [-0.4, -0.2) is 24.3 Å². The Morgan fingerprint density at radius 3 is 1.89 bits per heavy atom. The molecule has 7 nitrogen and oxygen atoms in total. The van der Waals surface area contributed by atoms with Crippen LogP contribution in [0.15, 0.2) is 18.2 Å². The number of carbonyl (C=O) groups is 3. The van der Waals surface area contributed by atoms with Crippen molar-refractivity contribution in [1.82, 2.24) is 0 Å². The van der Waals surface area contributed by atoms with Crippen LogP contribution in [0.1, 0.15) is 27.1 Å². The van der Waals surface area contributed by atoms with Crippen LogP contribution in [0, 0.1) is 0 Å². The van der Waals surface area contributed by atoms with Crippen molar-refractivity contribution in [3.05, 3.63) is 29.3 Å². The summed E-state index contributed by atoms with van der Waals surface area (Å²) in [6.45, 7) is 0.198. The maximum atomic E-state index is 11.4. The second-order valence-electron chi connectivity index (χ2n) is 3.61. The highest BCUT2D eigenvalue weighted by Gasteiger charge is 2.10. The quantitative estimate of drug-likeness (QED) is 0.541. The van der Waals surface area contributed by atoms with Crippen LogP contribution in [0.2, 0.25) is 0 Å². The summed E-state index contributed by atoms with van der Waals surface area (Å²) in [5, 5.41) is 2.50. The summed E-state index contributed by atoms with van der Waals surface area (Å²) in [5.41, 5.74) is 15.9. The minimum absolute atomic E-state index is 0.0920. The third-order valence-electron chi connectivity index (χ3n) is 2.16. The first-order valence-electron chi connectivity index (χ1n) is 5.18. The number of rotatable bonds is 5. The summed E-state index contributed by atoms with van der Waals surface area (Å²) < 4.78 is 0. The fourth-order valence-electron chi connectivity index (χ4n) is 1.34. The smallest absolute Gasteiger partial charge is 0.248 e. The van der Waals surface area contributed by atoms with Crippen LogP contribution < -0.4 is 22.5 Å². The van der Waals surface area contributed by atoms with Crippen LogP contribution in [-0.2, 0) is 4.79 Å². The average Bonchev–Trinajstić information content (AvgIpc) is 2.28. The van der Waals surface area contributed by atoms with Gasteiger partial charge in [0.1, 0.15) is 0 Å². The molecule has 0 unspecified atom stereocenters. The monoisotopic (exact) mass is 250 g/mol. The van der Waals surface area contributed by atoms with Gasteiger partial charge in [0, 0.05) is 29.8 Å². The van der Waals surface area contributed by atoms with Gasteiger partial charge in [-0.3, -0.25) is 14.4 Å². The number of nitrogens with one attached hydrogen (secondary N) is 1. The standard InChI is InChI=1S/C11H14N4O3/c12-2-1-9(16)15-8-4-6(10(13)17)3-7(5-8)11(14)18/h3-5H,1-2,12H2,(H2,13,17)(H2,14,18)(H,15,16). The zero-order chi connectivity index (χ0) is 13.7. The lowest BCUT2D eigenvalue weighted by Crippen LogP contribution is -2.19. The van der Waals surface area contributed by atoms with E-state index in [0.717, 1.165) is 0 Å². The number of benzene rings is 1. The van der Waals surface area contributed by atoms with Crippen molar-refractivity contribution in [3.8, 4) is 0 Å². The fraction of sp³-hybridized carbons (Fsp3) is 0.182. The van der Waals surface area contributed by atoms with Crippen molar-refractivity contribution in [2.75, 3.05) is 11.9 Å². The van der Waals surface area contributed by atoms with E-state index < -0.39 is 11.8 Å². The molecule has 1 aromatic carbocycles. The molecule has 0 aliphatic rings. The molecule has 0 aliphatic heterocycles. The fourth-order valence-corrected chi connectivity index (χ4v) is 1.34. The molecule has 96 valence electrons. The summed E-state index contributed by atoms with van der Waals surface area (Å²) in [7, 11) is 0. The molecule has 0 aromatic heterocycles. The zero-order valence-corrected chi connectivity index (χ0v) is 9.60. The van der Waals surface area contributed by atoms with E-state index in [1.54, 1.807) is 0 Å². The first-order valence-corrected chi connectivity index (χ1v) is 5.18. The van der Waals surface area contributed by atoms with Gasteiger partial charge >= 0.3 is 0 Å². The van der Waals surface area contributed by atoms with Gasteiger partial charge in [0.15, 0.2) is 0 Å². The molecule has 18 heavy (non-hydrogen) atoms. The predicted molar refractivity (Wildman–Crippen MR) is 65.8 cm³/mol. The van der Waals surface area contributed by atoms with Crippen LogP contribution in [0.3, 0.4) is 0 Å². The second-order valence-corrected chi connectivity index (χ2v) is 3.61. The minimum atomic E-state index is -0.715. The van der Waals surface area contributed by atoms with Crippen LogP contribution >= 0.6 is 0 Å². The summed E-state index contributed by atoms with van der Waals surface area (Å²) in [4.78, 5) is 33.5. The Morgan fingerprint density at radius 1 is 1.00 bits per heavy atom.